The van der Waals surface area contributed by atoms with Crippen LogP contribution in [0.1, 0.15) is 44.9 Å². The summed E-state index contributed by atoms with van der Waals surface area (Å²) >= 11 is 0. The molecule has 0 amide bonds. The van der Waals surface area contributed by atoms with Crippen LogP contribution in [0.3, 0.4) is 0 Å². The average molecular weight is 369 g/mol. The van der Waals surface area contributed by atoms with E-state index in [1.807, 2.05) is 70.2 Å². The molecule has 2 aromatic rings. The molecule has 6 heteroatoms. The third-order valence-corrected chi connectivity index (χ3v) is 5.60. The van der Waals surface area contributed by atoms with E-state index in [0.29, 0.717) is 6.42 Å². The number of benzene rings is 1. The third-order valence-electron chi connectivity index (χ3n) is 5.60. The number of aliphatic hydroxyl groups excluding tert-OH is 1. The Morgan fingerprint density at radius 1 is 1.04 bits per heavy atom. The molecule has 1 aliphatic rings. The fourth-order valence-corrected chi connectivity index (χ4v) is 3.14. The molecule has 0 bridgehead atoms. The Kier molecular flexibility index (Phi) is 5.72. The van der Waals surface area contributed by atoms with Crippen molar-refractivity contribution in [1.82, 2.24) is 4.98 Å². The summed E-state index contributed by atoms with van der Waals surface area (Å²) in [5.41, 5.74) is 1.98. The predicted octanol–water partition coefficient (Wildman–Crippen LogP) is 2.67. The smallest absolute Gasteiger partial charge is 0.399 e. The highest BCUT2D eigenvalue weighted by Crippen LogP contribution is 2.36. The van der Waals surface area contributed by atoms with Crippen LogP contribution in [0.5, 0.6) is 0 Å². The molecule has 1 aromatic heterocycles. The van der Waals surface area contributed by atoms with Gasteiger partial charge in [-0.25, -0.2) is 0 Å². The monoisotopic (exact) mass is 369 g/mol. The number of aliphatic hydroxyl groups is 1. The van der Waals surface area contributed by atoms with E-state index < -0.39 is 24.6 Å². The van der Waals surface area contributed by atoms with Crippen molar-refractivity contribution >= 4 is 12.6 Å². The summed E-state index contributed by atoms with van der Waals surface area (Å²) in [5, 5.41) is 10.3. The molecule has 1 aliphatic heterocycles. The second-order valence-electron chi connectivity index (χ2n) is 8.03. The number of hydrogen-bond acceptors (Lipinski definition) is 5. The van der Waals surface area contributed by atoms with Gasteiger partial charge in [-0.1, -0.05) is 36.4 Å². The largest absolute Gasteiger partial charge is 0.496 e. The van der Waals surface area contributed by atoms with Gasteiger partial charge in [0.05, 0.1) is 17.1 Å². The molecule has 0 radical (unpaired) electrons. The Hall–Kier alpha value is -1.73. The first kappa shape index (κ1) is 20.0. The van der Waals surface area contributed by atoms with Crippen LogP contribution in [-0.2, 0) is 20.5 Å². The van der Waals surface area contributed by atoms with E-state index in [2.05, 4.69) is 4.98 Å². The average Bonchev–Trinajstić information content (AvgIpc) is 2.87. The summed E-state index contributed by atoms with van der Waals surface area (Å²) in [5.74, 6) is -0.259. The van der Waals surface area contributed by atoms with E-state index in [1.54, 1.807) is 6.20 Å². The van der Waals surface area contributed by atoms with Crippen molar-refractivity contribution in [2.24, 2.45) is 0 Å². The molecular weight excluding hydrogens is 341 g/mol. The predicted molar refractivity (Wildman–Crippen MR) is 106 cm³/mol. The highest BCUT2D eigenvalue weighted by atomic mass is 16.7. The molecule has 2 heterocycles. The van der Waals surface area contributed by atoms with E-state index in [9.17, 15) is 5.11 Å². The van der Waals surface area contributed by atoms with E-state index in [1.165, 1.54) is 7.11 Å². The SMILES string of the molecule is COC(O)C(Cc1ccccc1)c1ccc(B2OC(C)(C)C(C)(C)O2)cn1. The maximum atomic E-state index is 10.3. The molecule has 0 saturated carbocycles. The van der Waals surface area contributed by atoms with Gasteiger partial charge in [0.2, 0.25) is 0 Å². The second-order valence-corrected chi connectivity index (χ2v) is 8.03. The van der Waals surface area contributed by atoms with Crippen molar-refractivity contribution in [3.8, 4) is 0 Å². The fraction of sp³-hybridized carbons (Fsp3) is 0.476. The Morgan fingerprint density at radius 3 is 2.19 bits per heavy atom. The number of hydrogen-bond donors (Lipinski definition) is 1. The van der Waals surface area contributed by atoms with Crippen LogP contribution in [0, 0.1) is 0 Å². The molecule has 2 atom stereocenters. The Morgan fingerprint density at radius 2 is 1.67 bits per heavy atom. The molecule has 1 aromatic carbocycles. The number of methoxy groups -OCH3 is 1. The molecule has 0 aliphatic carbocycles. The zero-order valence-corrected chi connectivity index (χ0v) is 16.7. The second kappa shape index (κ2) is 7.72. The van der Waals surface area contributed by atoms with Gasteiger partial charge in [0, 0.05) is 24.5 Å². The first-order valence-electron chi connectivity index (χ1n) is 9.30. The van der Waals surface area contributed by atoms with Crippen LogP contribution < -0.4 is 5.46 Å². The Labute approximate surface area is 161 Å². The molecular formula is C21H28BNO4. The molecule has 27 heavy (non-hydrogen) atoms. The molecule has 1 saturated heterocycles. The molecule has 144 valence electrons. The first-order chi connectivity index (χ1) is 12.7. The molecule has 1 fully saturated rings. The lowest BCUT2D eigenvalue weighted by atomic mass is 9.80. The summed E-state index contributed by atoms with van der Waals surface area (Å²) in [7, 11) is 1.05. The number of aromatic nitrogens is 1. The minimum atomic E-state index is -0.930. The Bertz CT molecular complexity index is 733. The number of pyridine rings is 1. The molecule has 5 nitrogen and oxygen atoms in total. The van der Waals surface area contributed by atoms with Crippen molar-refractivity contribution < 1.29 is 19.2 Å². The first-order valence-corrected chi connectivity index (χ1v) is 9.30. The summed E-state index contributed by atoms with van der Waals surface area (Å²) in [6.45, 7) is 8.11. The summed E-state index contributed by atoms with van der Waals surface area (Å²) in [4.78, 5) is 4.58. The quantitative estimate of drug-likeness (QED) is 0.627. The van der Waals surface area contributed by atoms with E-state index >= 15 is 0 Å². The molecule has 0 spiro atoms. The lowest BCUT2D eigenvalue weighted by Gasteiger charge is -2.32. The minimum absolute atomic E-state index is 0.259. The normalized spacial score (nSPS) is 20.4. The van der Waals surface area contributed by atoms with E-state index in [-0.39, 0.29) is 5.92 Å². The molecule has 3 rings (SSSR count). The number of ether oxygens (including phenoxy) is 1. The minimum Gasteiger partial charge on any atom is -0.399 e. The summed E-state index contributed by atoms with van der Waals surface area (Å²) < 4.78 is 17.3. The lowest BCUT2D eigenvalue weighted by molar-refractivity contribution is -0.0921. The van der Waals surface area contributed by atoms with Gasteiger partial charge in [0.25, 0.3) is 0 Å². The van der Waals surface area contributed by atoms with Gasteiger partial charge < -0.3 is 19.2 Å². The lowest BCUT2D eigenvalue weighted by Crippen LogP contribution is -2.41. The topological polar surface area (TPSA) is 60.8 Å². The van der Waals surface area contributed by atoms with Gasteiger partial charge in [0.1, 0.15) is 0 Å². The Balaban J connectivity index is 1.80. The number of rotatable bonds is 6. The van der Waals surface area contributed by atoms with E-state index in [0.717, 1.165) is 16.7 Å². The van der Waals surface area contributed by atoms with E-state index in [4.69, 9.17) is 14.0 Å². The van der Waals surface area contributed by atoms with Crippen molar-refractivity contribution in [2.45, 2.75) is 57.5 Å². The van der Waals surface area contributed by atoms with Gasteiger partial charge in [-0.15, -0.1) is 0 Å². The van der Waals surface area contributed by atoms with Gasteiger partial charge in [0.15, 0.2) is 6.29 Å². The summed E-state index contributed by atoms with van der Waals surface area (Å²) in [6, 6.07) is 13.9. The van der Waals surface area contributed by atoms with Gasteiger partial charge >= 0.3 is 7.12 Å². The third kappa shape index (κ3) is 4.24. The van der Waals surface area contributed by atoms with Crippen LogP contribution in [0.4, 0.5) is 0 Å². The van der Waals surface area contributed by atoms with Crippen LogP contribution in [0.25, 0.3) is 0 Å². The van der Waals surface area contributed by atoms with Crippen molar-refractivity contribution in [1.29, 1.82) is 0 Å². The maximum absolute atomic E-state index is 10.3. The maximum Gasteiger partial charge on any atom is 0.496 e. The highest BCUT2D eigenvalue weighted by Gasteiger charge is 2.51. The zero-order valence-electron chi connectivity index (χ0n) is 16.7. The van der Waals surface area contributed by atoms with Crippen molar-refractivity contribution in [2.75, 3.05) is 7.11 Å². The fourth-order valence-electron chi connectivity index (χ4n) is 3.14. The highest BCUT2D eigenvalue weighted by molar-refractivity contribution is 6.62. The number of nitrogens with zero attached hydrogens (tertiary/aromatic N) is 1. The van der Waals surface area contributed by atoms with Crippen LogP contribution in [0.2, 0.25) is 0 Å². The van der Waals surface area contributed by atoms with Crippen molar-refractivity contribution in [3.63, 3.8) is 0 Å². The van der Waals surface area contributed by atoms with Gasteiger partial charge in [-0.2, -0.15) is 0 Å². The zero-order chi connectivity index (χ0) is 19.7. The van der Waals surface area contributed by atoms with Crippen LogP contribution in [0.15, 0.2) is 48.7 Å². The van der Waals surface area contributed by atoms with Crippen molar-refractivity contribution in [3.05, 3.63) is 59.9 Å². The summed E-state index contributed by atoms with van der Waals surface area (Å²) in [6.07, 6.45) is 1.47. The van der Waals surface area contributed by atoms with Crippen LogP contribution in [-0.4, -0.2) is 41.8 Å². The standard InChI is InChI=1S/C21H28BNO4/c1-20(2)21(3,4)27-22(26-20)16-11-12-18(23-14-16)17(19(24)25-5)13-15-9-7-6-8-10-15/h6-12,14,17,19,24H,13H2,1-5H3. The molecule has 1 N–H and O–H groups in total. The van der Waals surface area contributed by atoms with Gasteiger partial charge in [-0.05, 0) is 45.7 Å². The van der Waals surface area contributed by atoms with Gasteiger partial charge in [-0.3, -0.25) is 4.98 Å². The molecule has 2 unspecified atom stereocenters. The van der Waals surface area contributed by atoms with Crippen LogP contribution >= 0.6 is 0 Å².